The van der Waals surface area contributed by atoms with Crippen LogP contribution < -0.4 is 5.32 Å². The number of benzene rings is 1. The van der Waals surface area contributed by atoms with Gasteiger partial charge in [-0.3, -0.25) is 4.79 Å². The van der Waals surface area contributed by atoms with E-state index >= 15 is 0 Å². The summed E-state index contributed by atoms with van der Waals surface area (Å²) in [5.41, 5.74) is 1.18. The Morgan fingerprint density at radius 3 is 2.39 bits per heavy atom. The lowest BCUT2D eigenvalue weighted by Gasteiger charge is -2.37. The van der Waals surface area contributed by atoms with Crippen LogP contribution in [0.25, 0.3) is 0 Å². The van der Waals surface area contributed by atoms with Gasteiger partial charge in [-0.05, 0) is 55.2 Å². The van der Waals surface area contributed by atoms with Crippen molar-refractivity contribution in [3.63, 3.8) is 0 Å². The van der Waals surface area contributed by atoms with E-state index < -0.39 is 10.0 Å². The zero-order valence-electron chi connectivity index (χ0n) is 17.1. The van der Waals surface area contributed by atoms with E-state index in [-0.39, 0.29) is 29.9 Å². The second-order valence-electron chi connectivity index (χ2n) is 8.14. The lowest BCUT2D eigenvalue weighted by Crippen LogP contribution is -2.49. The Hall–Kier alpha value is -1.44. The van der Waals surface area contributed by atoms with Crippen LogP contribution in [0.2, 0.25) is 0 Å². The molecule has 1 heterocycles. The van der Waals surface area contributed by atoms with Gasteiger partial charge in [-0.15, -0.1) is 0 Å². The molecule has 1 saturated heterocycles. The summed E-state index contributed by atoms with van der Waals surface area (Å²) in [6, 6.07) is 7.28. The van der Waals surface area contributed by atoms with Gasteiger partial charge in [0.05, 0.1) is 17.0 Å². The topological polar surface area (TPSA) is 75.7 Å². The van der Waals surface area contributed by atoms with E-state index in [0.717, 1.165) is 32.1 Å². The molecule has 4 atom stereocenters. The first-order chi connectivity index (χ1) is 13.3. The third-order valence-electron chi connectivity index (χ3n) is 6.16. The third kappa shape index (κ3) is 4.58. The molecule has 1 saturated carbocycles. The van der Waals surface area contributed by atoms with Crippen LogP contribution in [0.15, 0.2) is 29.2 Å². The van der Waals surface area contributed by atoms with Crippen LogP contribution in [0.4, 0.5) is 0 Å². The van der Waals surface area contributed by atoms with Crippen molar-refractivity contribution in [3.8, 4) is 0 Å². The molecule has 1 N–H and O–H groups in total. The van der Waals surface area contributed by atoms with Crippen molar-refractivity contribution < 1.29 is 17.9 Å². The summed E-state index contributed by atoms with van der Waals surface area (Å²) in [7, 11) is -1.84. The standard InChI is InChI=1S/C21H32N2O4S/c1-4-5-6-16-7-9-19(10-8-16)28(25,26)23-13-17-11-20(22-15(2)24)21(27-3)12-18(17)14-23/h7-10,17-18,20-21H,4-6,11-14H2,1-3H3,(H,22,24)/t17-,18+,20-,21-/m1/s1. The third-order valence-corrected chi connectivity index (χ3v) is 8.00. The van der Waals surface area contributed by atoms with Gasteiger partial charge >= 0.3 is 0 Å². The van der Waals surface area contributed by atoms with E-state index in [4.69, 9.17) is 4.74 Å². The molecule has 1 aromatic carbocycles. The smallest absolute Gasteiger partial charge is 0.243 e. The van der Waals surface area contributed by atoms with Crippen molar-refractivity contribution in [2.75, 3.05) is 20.2 Å². The summed E-state index contributed by atoms with van der Waals surface area (Å²) in [6.45, 7) is 4.69. The second kappa shape index (κ2) is 8.93. The second-order valence-corrected chi connectivity index (χ2v) is 10.1. The van der Waals surface area contributed by atoms with E-state index in [0.29, 0.717) is 18.0 Å². The molecular formula is C21H32N2O4S. The van der Waals surface area contributed by atoms with Crippen LogP contribution in [-0.4, -0.2) is 51.0 Å². The minimum absolute atomic E-state index is 0.0516. The van der Waals surface area contributed by atoms with E-state index in [1.54, 1.807) is 23.5 Å². The van der Waals surface area contributed by atoms with Crippen LogP contribution in [0, 0.1) is 11.8 Å². The first-order valence-electron chi connectivity index (χ1n) is 10.2. The molecule has 0 spiro atoms. The normalized spacial score (nSPS) is 28.1. The summed E-state index contributed by atoms with van der Waals surface area (Å²) in [4.78, 5) is 11.9. The molecule has 2 fully saturated rings. The molecule has 0 aromatic heterocycles. The fraction of sp³-hybridized carbons (Fsp3) is 0.667. The highest BCUT2D eigenvalue weighted by molar-refractivity contribution is 7.89. The minimum Gasteiger partial charge on any atom is -0.379 e. The van der Waals surface area contributed by atoms with E-state index in [1.165, 1.54) is 12.5 Å². The number of rotatable bonds is 7. The Bertz CT molecular complexity index is 778. The maximum atomic E-state index is 13.1. The fourth-order valence-electron chi connectivity index (χ4n) is 4.60. The van der Waals surface area contributed by atoms with Crippen molar-refractivity contribution in [2.24, 2.45) is 11.8 Å². The average Bonchev–Trinajstić information content (AvgIpc) is 3.09. The lowest BCUT2D eigenvalue weighted by molar-refractivity contribution is -0.121. The molecule has 6 nitrogen and oxygen atoms in total. The SMILES string of the molecule is CCCCc1ccc(S(=O)(=O)N2C[C@H]3C[C@@H](NC(C)=O)[C@H](OC)C[C@H]3C2)cc1. The van der Waals surface area contributed by atoms with Crippen molar-refractivity contribution >= 4 is 15.9 Å². The monoisotopic (exact) mass is 408 g/mol. The summed E-state index contributed by atoms with van der Waals surface area (Å²) in [6.07, 6.45) is 4.67. The Balaban J connectivity index is 1.70. The number of fused-ring (bicyclic) bond motifs is 1. The minimum atomic E-state index is -3.49. The summed E-state index contributed by atoms with van der Waals surface area (Å²) in [5.74, 6) is 0.451. The number of nitrogens with one attached hydrogen (secondary N) is 1. The van der Waals surface area contributed by atoms with Crippen LogP contribution in [0.3, 0.4) is 0 Å². The molecule has 0 unspecified atom stereocenters. The van der Waals surface area contributed by atoms with Gasteiger partial charge in [0.1, 0.15) is 0 Å². The number of unbranched alkanes of at least 4 members (excludes halogenated alkanes) is 1. The summed E-state index contributed by atoms with van der Waals surface area (Å²) >= 11 is 0. The van der Waals surface area contributed by atoms with Gasteiger partial charge in [0.25, 0.3) is 0 Å². The van der Waals surface area contributed by atoms with Gasteiger partial charge in [-0.25, -0.2) is 8.42 Å². The Labute approximate surface area is 168 Å². The van der Waals surface area contributed by atoms with Gasteiger partial charge in [-0.2, -0.15) is 4.31 Å². The Kier molecular flexibility index (Phi) is 6.78. The quantitative estimate of drug-likeness (QED) is 0.752. The lowest BCUT2D eigenvalue weighted by atomic mass is 9.77. The van der Waals surface area contributed by atoms with E-state index in [9.17, 15) is 13.2 Å². The number of hydrogen-bond donors (Lipinski definition) is 1. The first-order valence-corrected chi connectivity index (χ1v) is 11.7. The van der Waals surface area contributed by atoms with E-state index in [2.05, 4.69) is 12.2 Å². The predicted molar refractivity (Wildman–Crippen MR) is 108 cm³/mol. The largest absolute Gasteiger partial charge is 0.379 e. The molecule has 1 aromatic rings. The molecule has 7 heteroatoms. The van der Waals surface area contributed by atoms with Gasteiger partial charge < -0.3 is 10.1 Å². The highest BCUT2D eigenvalue weighted by Gasteiger charge is 2.45. The maximum absolute atomic E-state index is 13.1. The van der Waals surface area contributed by atoms with Crippen molar-refractivity contribution in [1.82, 2.24) is 9.62 Å². The van der Waals surface area contributed by atoms with Crippen molar-refractivity contribution in [2.45, 2.75) is 63.0 Å². The van der Waals surface area contributed by atoms with Crippen molar-refractivity contribution in [3.05, 3.63) is 29.8 Å². The molecule has 0 radical (unpaired) electrons. The molecule has 1 aliphatic heterocycles. The molecule has 28 heavy (non-hydrogen) atoms. The van der Waals surface area contributed by atoms with Crippen LogP contribution in [-0.2, 0) is 26.0 Å². The average molecular weight is 409 g/mol. The number of sulfonamides is 1. The number of carbonyl (C=O) groups is 1. The number of hydrogen-bond acceptors (Lipinski definition) is 4. The van der Waals surface area contributed by atoms with Gasteiger partial charge in [-0.1, -0.05) is 25.5 Å². The van der Waals surface area contributed by atoms with Gasteiger partial charge in [0.15, 0.2) is 0 Å². The first kappa shape index (κ1) is 21.3. The number of nitrogens with zero attached hydrogens (tertiary/aromatic N) is 1. The number of aryl methyl sites for hydroxylation is 1. The van der Waals surface area contributed by atoms with Crippen molar-refractivity contribution in [1.29, 1.82) is 0 Å². The zero-order valence-corrected chi connectivity index (χ0v) is 17.9. The molecule has 1 aliphatic carbocycles. The molecule has 0 bridgehead atoms. The highest BCUT2D eigenvalue weighted by atomic mass is 32.2. The fourth-order valence-corrected chi connectivity index (χ4v) is 6.15. The maximum Gasteiger partial charge on any atom is 0.243 e. The summed E-state index contributed by atoms with van der Waals surface area (Å²) < 4.78 is 33.5. The van der Waals surface area contributed by atoms with Crippen LogP contribution in [0.5, 0.6) is 0 Å². The zero-order chi connectivity index (χ0) is 20.3. The highest BCUT2D eigenvalue weighted by Crippen LogP contribution is 2.39. The van der Waals surface area contributed by atoms with Gasteiger partial charge in [0.2, 0.25) is 15.9 Å². The Morgan fingerprint density at radius 2 is 1.82 bits per heavy atom. The Morgan fingerprint density at radius 1 is 1.18 bits per heavy atom. The summed E-state index contributed by atoms with van der Waals surface area (Å²) in [5, 5.41) is 2.97. The number of carbonyl (C=O) groups excluding carboxylic acids is 1. The number of ether oxygens (including phenoxy) is 1. The van der Waals surface area contributed by atoms with Crippen LogP contribution >= 0.6 is 0 Å². The van der Waals surface area contributed by atoms with Crippen LogP contribution in [0.1, 0.15) is 45.1 Å². The number of amides is 1. The molecule has 3 rings (SSSR count). The van der Waals surface area contributed by atoms with Gasteiger partial charge in [0, 0.05) is 27.1 Å². The molecular weight excluding hydrogens is 376 g/mol. The number of methoxy groups -OCH3 is 1. The predicted octanol–water partition coefficient (Wildman–Crippen LogP) is 2.58. The molecule has 1 amide bonds. The molecule has 2 aliphatic rings. The molecule has 156 valence electrons. The van der Waals surface area contributed by atoms with E-state index in [1.807, 2.05) is 12.1 Å².